The van der Waals surface area contributed by atoms with Gasteiger partial charge in [-0.3, -0.25) is 0 Å². The van der Waals surface area contributed by atoms with Crippen LogP contribution in [0.5, 0.6) is 0 Å². The molecule has 0 saturated carbocycles. The average molecular weight is 501 g/mol. The molecule has 3 aromatic carbocycles. The fourth-order valence-corrected chi connectivity index (χ4v) is 10.2. The average Bonchev–Trinajstić information content (AvgIpc) is 3.42. The van der Waals surface area contributed by atoms with E-state index < -0.39 is 13.9 Å². The van der Waals surface area contributed by atoms with E-state index in [1.807, 2.05) is 18.2 Å². The topological polar surface area (TPSA) is 36.9 Å². The number of hydrogen-bond donors (Lipinski definition) is 0. The second kappa shape index (κ2) is 10.4. The smallest absolute Gasteiger partial charge is 0.261 e. The van der Waals surface area contributed by atoms with Gasteiger partial charge in [-0.2, -0.15) is 0 Å². The van der Waals surface area contributed by atoms with E-state index in [0.29, 0.717) is 19.8 Å². The summed E-state index contributed by atoms with van der Waals surface area (Å²) < 4.78 is 25.8. The minimum Gasteiger partial charge on any atom is -0.404 e. The van der Waals surface area contributed by atoms with Crippen molar-refractivity contribution in [2.45, 2.75) is 44.1 Å². The third kappa shape index (κ3) is 4.74. The van der Waals surface area contributed by atoms with Gasteiger partial charge >= 0.3 is 0 Å². The van der Waals surface area contributed by atoms with Gasteiger partial charge in [-0.1, -0.05) is 124 Å². The molecule has 0 amide bonds. The lowest BCUT2D eigenvalue weighted by atomic mass is 10.00. The Bertz CT molecular complexity index is 1100. The first-order chi connectivity index (χ1) is 17.4. The fraction of sp³-hybridized carbons (Fsp3) is 0.355. The highest BCUT2D eigenvalue weighted by molar-refractivity contribution is 6.99. The van der Waals surface area contributed by atoms with Crippen LogP contribution in [-0.4, -0.2) is 40.0 Å². The van der Waals surface area contributed by atoms with E-state index in [4.69, 9.17) is 18.6 Å². The Morgan fingerprint density at radius 1 is 0.861 bits per heavy atom. The molecule has 1 fully saturated rings. The van der Waals surface area contributed by atoms with Crippen LogP contribution in [0.4, 0.5) is 0 Å². The van der Waals surface area contributed by atoms with Crippen LogP contribution >= 0.6 is 0 Å². The molecule has 5 rings (SSSR count). The van der Waals surface area contributed by atoms with E-state index in [1.54, 1.807) is 0 Å². The van der Waals surface area contributed by atoms with Gasteiger partial charge in [-0.05, 0) is 21.0 Å². The Labute approximate surface area is 216 Å². The fourth-order valence-electron chi connectivity index (χ4n) is 5.64. The van der Waals surface area contributed by atoms with E-state index in [0.717, 1.165) is 5.56 Å². The zero-order valence-corrected chi connectivity index (χ0v) is 22.4. The maximum absolute atomic E-state index is 7.22. The molecule has 0 aromatic heterocycles. The van der Waals surface area contributed by atoms with Crippen molar-refractivity contribution in [2.75, 3.05) is 20.0 Å². The largest absolute Gasteiger partial charge is 0.404 e. The molecule has 0 spiro atoms. The summed E-state index contributed by atoms with van der Waals surface area (Å²) in [5.41, 5.74) is 0.531. The molecule has 0 radical (unpaired) electrons. The lowest BCUT2D eigenvalue weighted by Gasteiger charge is -2.45. The molecular weight excluding hydrogens is 464 g/mol. The molecule has 1 heterocycles. The monoisotopic (exact) mass is 500 g/mol. The highest BCUT2D eigenvalue weighted by Gasteiger charge is 2.56. The van der Waals surface area contributed by atoms with Crippen molar-refractivity contribution in [3.63, 3.8) is 0 Å². The van der Waals surface area contributed by atoms with Gasteiger partial charge in [0, 0.05) is 5.92 Å². The molecule has 2 aliphatic rings. The van der Waals surface area contributed by atoms with Gasteiger partial charge in [0.05, 0.1) is 19.8 Å². The molecule has 1 aliphatic carbocycles. The second-order valence-corrected chi connectivity index (χ2v) is 15.1. The maximum atomic E-state index is 7.22. The molecule has 1 aliphatic heterocycles. The first-order valence-electron chi connectivity index (χ1n) is 12.8. The van der Waals surface area contributed by atoms with Crippen LogP contribution in [0.25, 0.3) is 0 Å². The number of benzene rings is 3. The van der Waals surface area contributed by atoms with Crippen LogP contribution in [0.3, 0.4) is 0 Å². The summed E-state index contributed by atoms with van der Waals surface area (Å²) in [7, 11) is -2.67. The first kappa shape index (κ1) is 25.1. The number of ether oxygens (including phenoxy) is 3. The van der Waals surface area contributed by atoms with Crippen LogP contribution in [0.1, 0.15) is 26.3 Å². The molecule has 4 nitrogen and oxygen atoms in total. The third-order valence-corrected chi connectivity index (χ3v) is 12.4. The summed E-state index contributed by atoms with van der Waals surface area (Å²) in [4.78, 5) is 0. The van der Waals surface area contributed by atoms with Gasteiger partial charge in [0.25, 0.3) is 8.32 Å². The van der Waals surface area contributed by atoms with Gasteiger partial charge in [0.15, 0.2) is 0 Å². The Kier molecular flexibility index (Phi) is 7.29. The molecule has 2 bridgehead atoms. The van der Waals surface area contributed by atoms with Crippen LogP contribution in [0.15, 0.2) is 103 Å². The Morgan fingerprint density at radius 3 is 1.97 bits per heavy atom. The molecule has 5 heteroatoms. The summed E-state index contributed by atoms with van der Waals surface area (Å²) in [5.74, 6) is 0.216. The molecule has 3 unspecified atom stereocenters. The molecule has 1 saturated heterocycles. The normalized spacial score (nSPS) is 23.3. The van der Waals surface area contributed by atoms with E-state index in [9.17, 15) is 0 Å². The van der Waals surface area contributed by atoms with Gasteiger partial charge in [-0.25, -0.2) is 0 Å². The number of hydrogen-bond acceptors (Lipinski definition) is 4. The lowest BCUT2D eigenvalue weighted by molar-refractivity contribution is -0.140. The molecule has 36 heavy (non-hydrogen) atoms. The Morgan fingerprint density at radius 2 is 1.44 bits per heavy atom. The van der Waals surface area contributed by atoms with Crippen molar-refractivity contribution in [1.29, 1.82) is 0 Å². The highest BCUT2D eigenvalue weighted by atomic mass is 28.4. The molecule has 188 valence electrons. The van der Waals surface area contributed by atoms with Crippen molar-refractivity contribution >= 4 is 18.7 Å². The molecule has 3 atom stereocenters. The first-order valence-corrected chi connectivity index (χ1v) is 14.7. The lowest BCUT2D eigenvalue weighted by Crippen LogP contribution is -2.68. The van der Waals surface area contributed by atoms with E-state index >= 15 is 0 Å². The van der Waals surface area contributed by atoms with Gasteiger partial charge in [0.1, 0.15) is 18.5 Å². The van der Waals surface area contributed by atoms with Crippen molar-refractivity contribution in [3.05, 3.63) is 109 Å². The van der Waals surface area contributed by atoms with E-state index in [-0.39, 0.29) is 23.9 Å². The molecular formula is C31H36O4Si. The standard InChI is InChI=1S/C31H36O4Si/c1-30(2,3)36(27-15-9-5-10-16-27,28-17-11-6-12-18-28)35-23-31-20-19-26(22-34-31)29(31)33-24-32-21-25-13-7-4-8-14-25/h4-20,26,29H,21-24H2,1-3H3. The molecule has 3 aromatic rings. The van der Waals surface area contributed by atoms with Crippen molar-refractivity contribution in [3.8, 4) is 0 Å². The minimum absolute atomic E-state index is 0.0954. The summed E-state index contributed by atoms with van der Waals surface area (Å²) in [6.07, 6.45) is 4.26. The summed E-state index contributed by atoms with van der Waals surface area (Å²) in [6.45, 7) is 8.72. The Balaban J connectivity index is 1.37. The van der Waals surface area contributed by atoms with Crippen molar-refractivity contribution < 1.29 is 18.6 Å². The minimum atomic E-state index is -2.67. The van der Waals surface area contributed by atoms with E-state index in [2.05, 4.69) is 106 Å². The second-order valence-electron chi connectivity index (χ2n) is 10.8. The predicted octanol–water partition coefficient (Wildman–Crippen LogP) is 5.08. The number of rotatable bonds is 10. The summed E-state index contributed by atoms with van der Waals surface area (Å²) in [6, 6.07) is 31.6. The summed E-state index contributed by atoms with van der Waals surface area (Å²) >= 11 is 0. The van der Waals surface area contributed by atoms with Crippen molar-refractivity contribution in [1.82, 2.24) is 0 Å². The van der Waals surface area contributed by atoms with Crippen molar-refractivity contribution in [2.24, 2.45) is 5.92 Å². The Hall–Kier alpha value is -2.54. The van der Waals surface area contributed by atoms with Crippen LogP contribution in [-0.2, 0) is 25.2 Å². The van der Waals surface area contributed by atoms with Crippen LogP contribution in [0, 0.1) is 5.92 Å². The number of fused-ring (bicyclic) bond motifs is 2. The predicted molar refractivity (Wildman–Crippen MR) is 146 cm³/mol. The van der Waals surface area contributed by atoms with E-state index in [1.165, 1.54) is 10.4 Å². The van der Waals surface area contributed by atoms with Crippen LogP contribution in [0.2, 0.25) is 5.04 Å². The zero-order valence-electron chi connectivity index (χ0n) is 21.4. The molecule has 0 N–H and O–H groups in total. The highest BCUT2D eigenvalue weighted by Crippen LogP contribution is 2.44. The van der Waals surface area contributed by atoms with Gasteiger partial charge in [0.2, 0.25) is 0 Å². The van der Waals surface area contributed by atoms with Crippen LogP contribution < -0.4 is 10.4 Å². The third-order valence-electron chi connectivity index (χ3n) is 7.41. The van der Waals surface area contributed by atoms with Gasteiger partial charge < -0.3 is 18.6 Å². The summed E-state index contributed by atoms with van der Waals surface area (Å²) in [5, 5.41) is 2.43. The SMILES string of the molecule is CC(C)(C)[Si](OCC12C=CC(CO1)C2OCOCc1ccccc1)(c1ccccc1)c1ccccc1. The quantitative estimate of drug-likeness (QED) is 0.168. The maximum Gasteiger partial charge on any atom is 0.261 e. The van der Waals surface area contributed by atoms with Gasteiger partial charge in [-0.15, -0.1) is 0 Å². The zero-order chi connectivity index (χ0) is 25.1.